The molecule has 1 heteroatoms. The van der Waals surface area contributed by atoms with Gasteiger partial charge >= 0.3 is 0 Å². The van der Waals surface area contributed by atoms with Crippen molar-refractivity contribution in [1.82, 2.24) is 0 Å². The Kier molecular flexibility index (Phi) is 8.12. The second-order valence-electron chi connectivity index (χ2n) is 7.48. The lowest BCUT2D eigenvalue weighted by Gasteiger charge is -2.37. The second-order valence-corrected chi connectivity index (χ2v) is 7.48. The quantitative estimate of drug-likeness (QED) is 0.360. The van der Waals surface area contributed by atoms with Crippen molar-refractivity contribution < 1.29 is 4.74 Å². The number of unbranched alkanes of at least 4 members (excludes halogenated alkanes) is 1. The maximum absolute atomic E-state index is 5.89. The van der Waals surface area contributed by atoms with E-state index in [9.17, 15) is 0 Å². The van der Waals surface area contributed by atoms with E-state index in [0.717, 1.165) is 24.2 Å². The van der Waals surface area contributed by atoms with E-state index in [2.05, 4.69) is 25.7 Å². The first-order valence-electron chi connectivity index (χ1n) is 9.74. The van der Waals surface area contributed by atoms with Crippen molar-refractivity contribution in [3.63, 3.8) is 0 Å². The Hall–Kier alpha value is -0.720. The van der Waals surface area contributed by atoms with Crippen LogP contribution in [0.25, 0.3) is 0 Å². The highest BCUT2D eigenvalue weighted by atomic mass is 16.5. The van der Waals surface area contributed by atoms with E-state index in [0.29, 0.717) is 6.10 Å². The summed E-state index contributed by atoms with van der Waals surface area (Å²) in [6, 6.07) is 0. The van der Waals surface area contributed by atoms with Crippen LogP contribution in [0.3, 0.4) is 0 Å². The normalized spacial score (nSPS) is 33.0. The van der Waals surface area contributed by atoms with Crippen LogP contribution in [-0.4, -0.2) is 6.10 Å². The van der Waals surface area contributed by atoms with Crippen LogP contribution in [-0.2, 0) is 4.74 Å². The molecule has 0 aromatic carbocycles. The molecule has 0 amide bonds. The van der Waals surface area contributed by atoms with E-state index in [1.54, 1.807) is 0 Å². The molecule has 0 atom stereocenters. The maximum Gasteiger partial charge on any atom is 0.0978 e. The van der Waals surface area contributed by atoms with E-state index in [-0.39, 0.29) is 0 Å². The fourth-order valence-electron chi connectivity index (χ4n) is 4.40. The molecular weight excluding hydrogens is 268 g/mol. The molecule has 0 saturated heterocycles. The van der Waals surface area contributed by atoms with Gasteiger partial charge in [-0.1, -0.05) is 32.3 Å². The van der Waals surface area contributed by atoms with Gasteiger partial charge < -0.3 is 4.74 Å². The van der Waals surface area contributed by atoms with Gasteiger partial charge in [-0.15, -0.1) is 6.58 Å². The Bertz CT molecular complexity index is 317. The minimum atomic E-state index is 0.494. The third-order valence-corrected chi connectivity index (χ3v) is 5.88. The van der Waals surface area contributed by atoms with Crippen LogP contribution in [0.4, 0.5) is 0 Å². The first-order chi connectivity index (χ1) is 10.8. The molecule has 2 aliphatic rings. The molecule has 0 aliphatic heterocycles. The Morgan fingerprint density at radius 1 is 0.909 bits per heavy atom. The largest absolute Gasteiger partial charge is 0.498 e. The topological polar surface area (TPSA) is 9.23 Å². The number of hydrogen-bond acceptors (Lipinski definition) is 1. The summed E-state index contributed by atoms with van der Waals surface area (Å²) in [6.07, 6.45) is 22.9. The monoisotopic (exact) mass is 304 g/mol. The highest BCUT2D eigenvalue weighted by molar-refractivity contribution is 4.84. The maximum atomic E-state index is 5.89. The summed E-state index contributed by atoms with van der Waals surface area (Å²) in [6.45, 7) is 6.07. The van der Waals surface area contributed by atoms with E-state index in [1.807, 2.05) is 6.26 Å². The first-order valence-corrected chi connectivity index (χ1v) is 9.74. The van der Waals surface area contributed by atoms with Crippen molar-refractivity contribution >= 4 is 0 Å². The Morgan fingerprint density at radius 3 is 2.14 bits per heavy atom. The van der Waals surface area contributed by atoms with E-state index in [4.69, 9.17) is 4.74 Å². The highest BCUT2D eigenvalue weighted by Crippen LogP contribution is 2.41. The van der Waals surface area contributed by atoms with Crippen molar-refractivity contribution in [3.05, 3.63) is 25.0 Å². The first kappa shape index (κ1) is 17.6. The molecule has 0 spiro atoms. The SMILES string of the molecule is C=CCCC1CCC(C2CCC(O/C=C/CCC)CC2)CC1. The molecule has 0 bridgehead atoms. The molecule has 22 heavy (non-hydrogen) atoms. The zero-order valence-electron chi connectivity index (χ0n) is 14.6. The van der Waals surface area contributed by atoms with Crippen molar-refractivity contribution in [2.75, 3.05) is 0 Å². The van der Waals surface area contributed by atoms with Crippen LogP contribution in [0.2, 0.25) is 0 Å². The molecular formula is C21H36O. The van der Waals surface area contributed by atoms with Gasteiger partial charge in [0.05, 0.1) is 12.4 Å². The Labute approximate surface area is 138 Å². The molecule has 2 saturated carbocycles. The standard InChI is InChI=1S/C21H36O/c1-3-5-7-17-22-21-15-13-20(14-16-21)19-11-9-18(10-12-19)8-6-4-2/h4,7,17-21H,2-3,5-6,8-16H2,1H3/b17-7+. The van der Waals surface area contributed by atoms with Crippen molar-refractivity contribution in [2.24, 2.45) is 17.8 Å². The van der Waals surface area contributed by atoms with Crippen LogP contribution in [0.5, 0.6) is 0 Å². The summed E-state index contributed by atoms with van der Waals surface area (Å²) in [5.41, 5.74) is 0. The van der Waals surface area contributed by atoms with E-state index in [1.165, 1.54) is 70.6 Å². The Balaban J connectivity index is 1.62. The van der Waals surface area contributed by atoms with Gasteiger partial charge in [-0.3, -0.25) is 0 Å². The third kappa shape index (κ3) is 5.82. The minimum absolute atomic E-state index is 0.494. The van der Waals surface area contributed by atoms with Gasteiger partial charge in [0.25, 0.3) is 0 Å². The van der Waals surface area contributed by atoms with Gasteiger partial charge in [0.1, 0.15) is 0 Å². The summed E-state index contributed by atoms with van der Waals surface area (Å²) in [4.78, 5) is 0. The van der Waals surface area contributed by atoms with Gasteiger partial charge in [0, 0.05) is 0 Å². The van der Waals surface area contributed by atoms with Gasteiger partial charge in [-0.25, -0.2) is 0 Å². The molecule has 0 heterocycles. The highest BCUT2D eigenvalue weighted by Gasteiger charge is 2.30. The fraction of sp³-hybridized carbons (Fsp3) is 0.810. The molecule has 1 nitrogen and oxygen atoms in total. The predicted molar refractivity (Wildman–Crippen MR) is 95.8 cm³/mol. The van der Waals surface area contributed by atoms with E-state index < -0.39 is 0 Å². The summed E-state index contributed by atoms with van der Waals surface area (Å²) < 4.78 is 5.89. The summed E-state index contributed by atoms with van der Waals surface area (Å²) >= 11 is 0. The molecule has 0 aromatic heterocycles. The molecule has 0 N–H and O–H groups in total. The van der Waals surface area contributed by atoms with Crippen LogP contribution in [0, 0.1) is 17.8 Å². The number of allylic oxidation sites excluding steroid dienone is 2. The van der Waals surface area contributed by atoms with Gasteiger partial charge in [0.2, 0.25) is 0 Å². The number of hydrogen-bond donors (Lipinski definition) is 0. The molecule has 2 fully saturated rings. The van der Waals surface area contributed by atoms with Crippen molar-refractivity contribution in [1.29, 1.82) is 0 Å². The van der Waals surface area contributed by atoms with Gasteiger partial charge in [-0.2, -0.15) is 0 Å². The van der Waals surface area contributed by atoms with Crippen LogP contribution in [0.1, 0.15) is 84.0 Å². The third-order valence-electron chi connectivity index (χ3n) is 5.88. The average molecular weight is 305 g/mol. The summed E-state index contributed by atoms with van der Waals surface area (Å²) in [5.74, 6) is 2.98. The molecule has 2 aliphatic carbocycles. The number of ether oxygens (including phenoxy) is 1. The molecule has 0 radical (unpaired) electrons. The lowest BCUT2D eigenvalue weighted by Crippen LogP contribution is -2.28. The summed E-state index contributed by atoms with van der Waals surface area (Å²) in [5, 5.41) is 0. The number of rotatable bonds is 8. The zero-order chi connectivity index (χ0) is 15.6. The van der Waals surface area contributed by atoms with Gasteiger partial charge in [-0.05, 0) is 81.6 Å². The molecule has 0 aromatic rings. The molecule has 0 unspecified atom stereocenters. The second kappa shape index (κ2) is 10.1. The van der Waals surface area contributed by atoms with Crippen molar-refractivity contribution in [3.8, 4) is 0 Å². The molecule has 126 valence electrons. The predicted octanol–water partition coefficient (Wildman–Crippen LogP) is 6.65. The smallest absolute Gasteiger partial charge is 0.0978 e. The van der Waals surface area contributed by atoms with Gasteiger partial charge in [0.15, 0.2) is 0 Å². The molecule has 2 rings (SSSR count). The average Bonchev–Trinajstić information content (AvgIpc) is 2.58. The zero-order valence-corrected chi connectivity index (χ0v) is 14.6. The lowest BCUT2D eigenvalue weighted by atomic mass is 9.70. The van der Waals surface area contributed by atoms with E-state index >= 15 is 0 Å². The van der Waals surface area contributed by atoms with Crippen LogP contribution in [0.15, 0.2) is 25.0 Å². The summed E-state index contributed by atoms with van der Waals surface area (Å²) in [7, 11) is 0. The van der Waals surface area contributed by atoms with Crippen LogP contribution >= 0.6 is 0 Å². The fourth-order valence-corrected chi connectivity index (χ4v) is 4.40. The Morgan fingerprint density at radius 2 is 1.55 bits per heavy atom. The van der Waals surface area contributed by atoms with Crippen molar-refractivity contribution in [2.45, 2.75) is 90.1 Å². The minimum Gasteiger partial charge on any atom is -0.498 e. The lowest BCUT2D eigenvalue weighted by molar-refractivity contribution is 0.0629. The van der Waals surface area contributed by atoms with Crippen LogP contribution < -0.4 is 0 Å².